The maximum atomic E-state index is 2.61. The first-order valence-electron chi connectivity index (χ1n) is 30.4. The predicted molar refractivity (Wildman–Crippen MR) is 357 cm³/mol. The number of nitrogens with zero attached hydrogens (tertiary/aromatic N) is 2. The van der Waals surface area contributed by atoms with Crippen LogP contribution in [0.1, 0.15) is 114 Å². The first-order valence-corrected chi connectivity index (χ1v) is 30.4. The molecule has 2 heteroatoms. The molecule has 1 atom stereocenters. The van der Waals surface area contributed by atoms with E-state index < -0.39 is 10.8 Å². The summed E-state index contributed by atoms with van der Waals surface area (Å²) in [6.07, 6.45) is 16.2. The first kappa shape index (κ1) is 53.1. The van der Waals surface area contributed by atoms with E-state index in [-0.39, 0.29) is 10.8 Å². The van der Waals surface area contributed by atoms with Crippen molar-refractivity contribution in [2.45, 2.75) is 97.3 Å². The highest BCUT2D eigenvalue weighted by Crippen LogP contribution is 2.67. The Hall–Kier alpha value is -8.98. The lowest BCUT2D eigenvalue weighted by Crippen LogP contribution is -2.33. The minimum atomic E-state index is -0.641. The molecule has 0 amide bonds. The fourth-order valence-electron chi connectivity index (χ4n) is 14.6. The number of hydrogen-bond acceptors (Lipinski definition) is 2. The minimum Gasteiger partial charge on any atom is -0.314 e. The van der Waals surface area contributed by atoms with Crippen molar-refractivity contribution >= 4 is 39.2 Å². The number of anilines is 5. The third-order valence-electron chi connectivity index (χ3n) is 18.8. The van der Waals surface area contributed by atoms with Crippen LogP contribution in [0.25, 0.3) is 55.3 Å². The Morgan fingerprint density at radius 1 is 0.417 bits per heavy atom. The Bertz CT molecular complexity index is 4290. The fourth-order valence-corrected chi connectivity index (χ4v) is 14.6. The molecule has 2 nitrogen and oxygen atoms in total. The average Bonchev–Trinajstić information content (AvgIpc) is 1.67. The van der Waals surface area contributed by atoms with Crippen LogP contribution >= 0.6 is 0 Å². The summed E-state index contributed by atoms with van der Waals surface area (Å²) in [6.45, 7) is 19.0. The van der Waals surface area contributed by atoms with Crippen LogP contribution in [0.15, 0.2) is 272 Å². The quantitative estimate of drug-likeness (QED) is 0.135. The summed E-state index contributed by atoms with van der Waals surface area (Å²) in [7, 11) is 0. The molecule has 0 saturated carbocycles. The largest absolute Gasteiger partial charge is 0.314 e. The van der Waals surface area contributed by atoms with E-state index in [4.69, 9.17) is 0 Å². The second-order valence-electron chi connectivity index (χ2n) is 26.3. The maximum absolute atomic E-state index is 2.61. The van der Waals surface area contributed by atoms with Crippen molar-refractivity contribution < 1.29 is 0 Å². The van der Waals surface area contributed by atoms with Gasteiger partial charge in [-0.3, -0.25) is 0 Å². The Morgan fingerprint density at radius 3 is 1.54 bits per heavy atom. The summed E-state index contributed by atoms with van der Waals surface area (Å²) < 4.78 is 0. The standard InChI is InChI=1S/C82H74N2/c1-79(2,3)59-41-49-65(50-42-59)83(63-45-37-57(38-46-63)55-25-13-9-14-26-55)73-54-72-75(68-34-22-21-33-67(68)73)70-53-74(84(66-51-43-60(44-52-66)80(4,5)6)64-47-39-58(40-48-64)56-27-15-10-16-28-56)76-69-35-23-24-36-71(69)82(61-29-17-11-18-30-61,62-31-19-12-20-32-62)78(76)77(70)81(72,7)8/h9-11,13-19,21-41,43-49,51-54H,12,20,42,50H2,1-8H3. The molecule has 10 aromatic carbocycles. The van der Waals surface area contributed by atoms with Crippen LogP contribution in [0.3, 0.4) is 0 Å². The van der Waals surface area contributed by atoms with E-state index in [2.05, 4.69) is 320 Å². The molecule has 14 rings (SSSR count). The van der Waals surface area contributed by atoms with Crippen molar-refractivity contribution in [3.8, 4) is 44.5 Å². The number of rotatable bonds is 10. The van der Waals surface area contributed by atoms with Gasteiger partial charge >= 0.3 is 0 Å². The number of allylic oxidation sites excluding steroid dienone is 8. The van der Waals surface area contributed by atoms with Crippen LogP contribution in [0, 0.1) is 5.41 Å². The summed E-state index contributed by atoms with van der Waals surface area (Å²) in [4.78, 5) is 5.19. The van der Waals surface area contributed by atoms with Gasteiger partial charge in [0, 0.05) is 39.1 Å². The highest BCUT2D eigenvalue weighted by atomic mass is 15.2. The van der Waals surface area contributed by atoms with Crippen LogP contribution in [0.2, 0.25) is 0 Å². The predicted octanol–water partition coefficient (Wildman–Crippen LogP) is 22.6. The van der Waals surface area contributed by atoms with Gasteiger partial charge in [0.25, 0.3) is 0 Å². The van der Waals surface area contributed by atoms with Crippen molar-refractivity contribution in [2.24, 2.45) is 5.41 Å². The number of hydrogen-bond donors (Lipinski definition) is 0. The molecule has 0 aromatic heterocycles. The van der Waals surface area contributed by atoms with E-state index in [0.717, 1.165) is 42.7 Å². The number of benzene rings is 10. The normalized spacial score (nSPS) is 16.7. The zero-order valence-corrected chi connectivity index (χ0v) is 50.0. The molecule has 412 valence electrons. The van der Waals surface area contributed by atoms with Crippen LogP contribution in [-0.4, -0.2) is 0 Å². The van der Waals surface area contributed by atoms with Crippen molar-refractivity contribution in [2.75, 3.05) is 9.80 Å². The maximum Gasteiger partial charge on any atom is 0.0714 e. The molecule has 4 aliphatic carbocycles. The number of fused-ring (bicyclic) bond motifs is 9. The zero-order chi connectivity index (χ0) is 57.5. The van der Waals surface area contributed by atoms with E-state index >= 15 is 0 Å². The van der Waals surface area contributed by atoms with E-state index in [1.165, 1.54) is 117 Å². The molecule has 84 heavy (non-hydrogen) atoms. The summed E-state index contributed by atoms with van der Waals surface area (Å²) in [5, 5.41) is 2.50. The van der Waals surface area contributed by atoms with Gasteiger partial charge in [0.1, 0.15) is 0 Å². The molecule has 0 heterocycles. The van der Waals surface area contributed by atoms with Crippen LogP contribution < -0.4 is 9.80 Å². The Morgan fingerprint density at radius 2 is 0.964 bits per heavy atom. The lowest BCUT2D eigenvalue weighted by atomic mass is 9.62. The Labute approximate surface area is 498 Å². The highest BCUT2D eigenvalue weighted by Gasteiger charge is 2.54. The van der Waals surface area contributed by atoms with Crippen molar-refractivity contribution in [1.29, 1.82) is 0 Å². The molecule has 0 bridgehead atoms. The smallest absolute Gasteiger partial charge is 0.0714 e. The van der Waals surface area contributed by atoms with E-state index in [9.17, 15) is 0 Å². The van der Waals surface area contributed by atoms with E-state index in [0.29, 0.717) is 0 Å². The van der Waals surface area contributed by atoms with Crippen LogP contribution in [-0.2, 0) is 16.2 Å². The summed E-state index contributed by atoms with van der Waals surface area (Å²) in [5.41, 5.74) is 27.0. The first-order chi connectivity index (χ1) is 40.7. The lowest BCUT2D eigenvalue weighted by Gasteiger charge is -2.40. The monoisotopic (exact) mass is 1090 g/mol. The highest BCUT2D eigenvalue weighted by molar-refractivity contribution is 6.12. The van der Waals surface area contributed by atoms with E-state index in [1.54, 1.807) is 0 Å². The van der Waals surface area contributed by atoms with Crippen LogP contribution in [0.5, 0.6) is 0 Å². The van der Waals surface area contributed by atoms with Gasteiger partial charge in [-0.2, -0.15) is 0 Å². The molecule has 0 spiro atoms. The summed E-state index contributed by atoms with van der Waals surface area (Å²) in [6, 6.07) is 85.1. The summed E-state index contributed by atoms with van der Waals surface area (Å²) >= 11 is 0. The van der Waals surface area contributed by atoms with Gasteiger partial charge in [-0.05, 0) is 174 Å². The van der Waals surface area contributed by atoms with Gasteiger partial charge in [0.15, 0.2) is 0 Å². The minimum absolute atomic E-state index is 0.0129. The molecule has 4 aliphatic rings. The van der Waals surface area contributed by atoms with Crippen molar-refractivity contribution in [3.05, 3.63) is 305 Å². The second kappa shape index (κ2) is 20.4. The van der Waals surface area contributed by atoms with Crippen molar-refractivity contribution in [1.82, 2.24) is 0 Å². The zero-order valence-electron chi connectivity index (χ0n) is 50.0. The molecule has 0 fully saturated rings. The Kier molecular flexibility index (Phi) is 12.9. The van der Waals surface area contributed by atoms with E-state index in [1.807, 2.05) is 0 Å². The average molecular weight is 1090 g/mol. The molecule has 0 radical (unpaired) electrons. The summed E-state index contributed by atoms with van der Waals surface area (Å²) in [5.74, 6) is 0. The second-order valence-corrected chi connectivity index (χ2v) is 26.3. The van der Waals surface area contributed by atoms with Gasteiger partial charge < -0.3 is 9.80 Å². The van der Waals surface area contributed by atoms with Gasteiger partial charge in [0.2, 0.25) is 0 Å². The van der Waals surface area contributed by atoms with Gasteiger partial charge in [-0.1, -0.05) is 261 Å². The van der Waals surface area contributed by atoms with Gasteiger partial charge in [-0.15, -0.1) is 0 Å². The molecule has 1 unspecified atom stereocenters. The van der Waals surface area contributed by atoms with Crippen molar-refractivity contribution in [3.63, 3.8) is 0 Å². The Balaban J connectivity index is 1.09. The molecule has 0 saturated heterocycles. The molecular formula is C82H74N2. The van der Waals surface area contributed by atoms with Gasteiger partial charge in [0.05, 0.1) is 16.8 Å². The lowest BCUT2D eigenvalue weighted by molar-refractivity contribution is 0.479. The molecule has 0 aliphatic heterocycles. The molecule has 0 N–H and O–H groups in total. The molecule has 10 aromatic rings. The van der Waals surface area contributed by atoms with Gasteiger partial charge in [-0.25, -0.2) is 0 Å². The third kappa shape index (κ3) is 8.67. The fraction of sp³-hybridized carbons (Fsp3) is 0.195. The topological polar surface area (TPSA) is 6.48 Å². The SMILES string of the molecule is CC(C)(C)C1=CC=C(N(c2ccc(-c3ccccc3)cc2)c2cc3c(c4ccccc24)-c2cc(N(c4ccc(-c5ccccc5)cc4)c4ccc(C(C)(C)C)cc4)c4c(c2C3(C)C)C(C2=CCCC=C2)(c2ccccc2)c2ccccc2-4)CC1. The van der Waals surface area contributed by atoms with Crippen LogP contribution in [0.4, 0.5) is 28.4 Å². The third-order valence-corrected chi connectivity index (χ3v) is 18.8. The molecular weight excluding hydrogens is 1010 g/mol.